The second-order valence-electron chi connectivity index (χ2n) is 14.9. The molecular weight excluding hydrogens is 837 g/mol. The van der Waals surface area contributed by atoms with Crippen molar-refractivity contribution in [2.45, 2.75) is 94.4 Å². The summed E-state index contributed by atoms with van der Waals surface area (Å²) in [6, 6.07) is 25.2. The number of thiophene rings is 1. The molecule has 0 atom stereocenters. The average molecular weight is 891 g/mol. The molecular formula is C46H53IrN2O2S-. The van der Waals surface area contributed by atoms with E-state index in [9.17, 15) is 9.90 Å². The van der Waals surface area contributed by atoms with Crippen LogP contribution in [0.15, 0.2) is 84.9 Å². The van der Waals surface area contributed by atoms with Crippen LogP contribution in [0.1, 0.15) is 92.2 Å². The third-order valence-corrected chi connectivity index (χ3v) is 10.9. The van der Waals surface area contributed by atoms with Gasteiger partial charge in [0.2, 0.25) is 0 Å². The van der Waals surface area contributed by atoms with Gasteiger partial charge in [0.15, 0.2) is 5.78 Å². The fourth-order valence-electron chi connectivity index (χ4n) is 7.10. The molecule has 275 valence electrons. The van der Waals surface area contributed by atoms with Crippen LogP contribution in [0.4, 0.5) is 0 Å². The van der Waals surface area contributed by atoms with Crippen molar-refractivity contribution in [2.75, 3.05) is 0 Å². The van der Waals surface area contributed by atoms with Crippen molar-refractivity contribution < 1.29 is 31.4 Å². The van der Waals surface area contributed by atoms with Crippen molar-refractivity contribution in [1.29, 1.82) is 0 Å². The predicted molar refractivity (Wildman–Crippen MR) is 219 cm³/mol. The minimum atomic E-state index is 0. The summed E-state index contributed by atoms with van der Waals surface area (Å²) in [5, 5.41) is 12.7. The normalized spacial score (nSPS) is 12.3. The molecule has 0 saturated heterocycles. The number of rotatable bonds is 10. The van der Waals surface area contributed by atoms with Crippen molar-refractivity contribution in [2.24, 2.45) is 17.3 Å². The summed E-state index contributed by atoms with van der Waals surface area (Å²) in [5.41, 5.74) is 9.46. The number of ketones is 1. The Hall–Kier alpha value is -3.70. The van der Waals surface area contributed by atoms with E-state index in [0.717, 1.165) is 69.7 Å². The Kier molecular flexibility index (Phi) is 13.6. The van der Waals surface area contributed by atoms with Crippen LogP contribution in [0, 0.1) is 37.2 Å². The monoisotopic (exact) mass is 891 g/mol. The molecule has 4 aromatic carbocycles. The number of hydrogen-bond donors (Lipinski definition) is 1. The van der Waals surface area contributed by atoms with Gasteiger partial charge in [-0.2, -0.15) is 0 Å². The minimum Gasteiger partial charge on any atom is -0.512 e. The Morgan fingerprint density at radius 3 is 2.21 bits per heavy atom. The number of fused-ring (bicyclic) bond motifs is 4. The second kappa shape index (κ2) is 17.9. The maximum absolute atomic E-state index is 11.7. The first-order chi connectivity index (χ1) is 24.8. The van der Waals surface area contributed by atoms with E-state index in [1.807, 2.05) is 58.0 Å². The molecule has 0 aliphatic heterocycles. The third kappa shape index (κ3) is 9.44. The molecule has 0 unspecified atom stereocenters. The van der Waals surface area contributed by atoms with Gasteiger partial charge >= 0.3 is 0 Å². The zero-order valence-electron chi connectivity index (χ0n) is 33.1. The van der Waals surface area contributed by atoms with E-state index < -0.39 is 0 Å². The molecule has 6 aromatic rings. The van der Waals surface area contributed by atoms with Gasteiger partial charge in [-0.3, -0.25) is 9.78 Å². The van der Waals surface area contributed by atoms with E-state index in [1.165, 1.54) is 38.6 Å². The standard InChI is InChI=1S/C33H29N2S.C13H24O2.Ir/c1-20-14-22(18-33(3,4)5)15-21(2)29(20)25-12-13-27-28(17-25)36-32-30(34-19-35-31(27)32)26-11-10-23-8-6-7-9-24(23)16-26;1-5-10(6-2)12(14)9-13(15)11(7-3)8-4;/h6-15,17,19H,18H2,1-5H3;9-11,14H,5-8H2,1-4H3;/q-1;;/b;12-9-;/i10D;;. The van der Waals surface area contributed by atoms with Gasteiger partial charge in [0, 0.05) is 59.9 Å². The Bertz CT molecular complexity index is 2220. The maximum atomic E-state index is 11.7. The molecule has 0 spiro atoms. The first-order valence-electron chi connectivity index (χ1n) is 18.9. The molecule has 2 heterocycles. The quantitative estimate of drug-likeness (QED) is 0.0845. The van der Waals surface area contributed by atoms with Crippen LogP contribution in [-0.4, -0.2) is 20.9 Å². The topological polar surface area (TPSA) is 63.1 Å². The van der Waals surface area contributed by atoms with Gasteiger partial charge in [0.05, 0.1) is 11.3 Å². The number of nitrogens with zero attached hydrogens (tertiary/aromatic N) is 2. The third-order valence-electron chi connectivity index (χ3n) is 9.77. The van der Waals surface area contributed by atoms with Gasteiger partial charge < -0.3 is 5.11 Å². The first-order valence-corrected chi connectivity index (χ1v) is 19.2. The number of aryl methyl sites for hydroxylation is 2. The number of allylic oxidation sites excluding steroid dienone is 2. The van der Waals surface area contributed by atoms with Crippen LogP contribution >= 0.6 is 11.3 Å². The van der Waals surface area contributed by atoms with Crippen LogP contribution in [0.3, 0.4) is 0 Å². The number of carbonyl (C=O) groups is 1. The molecule has 1 radical (unpaired) electrons. The zero-order chi connectivity index (χ0) is 37.7. The van der Waals surface area contributed by atoms with E-state index >= 15 is 0 Å². The van der Waals surface area contributed by atoms with E-state index in [2.05, 4.69) is 81.0 Å². The molecule has 0 amide bonds. The Labute approximate surface area is 329 Å². The average Bonchev–Trinajstić information content (AvgIpc) is 3.47. The molecule has 2 aromatic heterocycles. The van der Waals surface area contributed by atoms with Gasteiger partial charge in [-0.15, -0.1) is 41.0 Å². The molecule has 0 aliphatic carbocycles. The molecule has 0 bridgehead atoms. The number of carbonyl (C=O) groups excluding carboxylic acids is 1. The second-order valence-corrected chi connectivity index (χ2v) is 16.0. The van der Waals surface area contributed by atoms with Crippen molar-refractivity contribution in [3.63, 3.8) is 0 Å². The summed E-state index contributed by atoms with van der Waals surface area (Å²) in [5.74, 6) is 0.547. The molecule has 6 heteroatoms. The molecule has 6 rings (SSSR count). The summed E-state index contributed by atoms with van der Waals surface area (Å²) in [6.07, 6.45) is 7.60. The number of aliphatic hydroxyl groups is 1. The molecule has 0 fully saturated rings. The number of benzene rings is 4. The predicted octanol–water partition coefficient (Wildman–Crippen LogP) is 13.2. The maximum Gasteiger partial charge on any atom is 0.162 e. The molecule has 1 N–H and O–H groups in total. The van der Waals surface area contributed by atoms with Crippen LogP contribution in [0.25, 0.3) is 53.5 Å². The molecule has 52 heavy (non-hydrogen) atoms. The summed E-state index contributed by atoms with van der Waals surface area (Å²) in [4.78, 5) is 21.0. The Balaban J connectivity index is 0.000000335. The molecule has 0 aliphatic rings. The largest absolute Gasteiger partial charge is 0.512 e. The van der Waals surface area contributed by atoms with Gasteiger partial charge in [-0.1, -0.05) is 102 Å². The number of aromatic nitrogens is 2. The van der Waals surface area contributed by atoms with Crippen LogP contribution in [-0.2, 0) is 31.3 Å². The fraction of sp³-hybridized carbons (Fsp3) is 0.370. The number of hydrogen-bond acceptors (Lipinski definition) is 5. The van der Waals surface area contributed by atoms with Crippen molar-refractivity contribution >= 4 is 48.2 Å². The summed E-state index contributed by atoms with van der Waals surface area (Å²) < 4.78 is 10.8. The SMILES string of the molecule is CCC(CC)C(=O)/C=C(\O)C(CC)CC.[2H]c1cc(-c2ncnc3c2sc2cc(-c4c(C)cc(CC(C)(C)C)cc4C)ccc23)[c-]c2ccccc12.[Ir]. The van der Waals surface area contributed by atoms with Gasteiger partial charge in [0.25, 0.3) is 0 Å². The Morgan fingerprint density at radius 2 is 1.58 bits per heavy atom. The van der Waals surface area contributed by atoms with E-state index in [1.54, 1.807) is 17.7 Å². The summed E-state index contributed by atoms with van der Waals surface area (Å²) >= 11 is 1.72. The van der Waals surface area contributed by atoms with Crippen molar-refractivity contribution in [1.82, 2.24) is 9.97 Å². The van der Waals surface area contributed by atoms with E-state index in [0.29, 0.717) is 6.04 Å². The van der Waals surface area contributed by atoms with E-state index in [-0.39, 0.29) is 48.9 Å². The smallest absolute Gasteiger partial charge is 0.162 e. The fourth-order valence-corrected chi connectivity index (χ4v) is 8.30. The van der Waals surface area contributed by atoms with Crippen LogP contribution in [0.5, 0.6) is 0 Å². The van der Waals surface area contributed by atoms with Crippen molar-refractivity contribution in [3.8, 4) is 22.4 Å². The number of aliphatic hydroxyl groups excluding tert-OH is 1. The minimum absolute atomic E-state index is 0. The first kappa shape index (κ1) is 39.5. The van der Waals surface area contributed by atoms with Crippen molar-refractivity contribution in [3.05, 3.63) is 108 Å². The van der Waals surface area contributed by atoms with Gasteiger partial charge in [-0.05, 0) is 85.3 Å². The molecule has 0 saturated carbocycles. The molecule has 4 nitrogen and oxygen atoms in total. The zero-order valence-corrected chi connectivity index (χ0v) is 35.3. The van der Waals surface area contributed by atoms with Crippen LogP contribution in [0.2, 0.25) is 0 Å². The van der Waals surface area contributed by atoms with Gasteiger partial charge in [0.1, 0.15) is 6.33 Å². The Morgan fingerprint density at radius 1 is 0.923 bits per heavy atom. The summed E-state index contributed by atoms with van der Waals surface area (Å²) in [6.45, 7) is 19.4. The van der Waals surface area contributed by atoms with Gasteiger partial charge in [-0.25, -0.2) is 4.98 Å². The van der Waals surface area contributed by atoms with E-state index in [4.69, 9.17) is 1.37 Å². The summed E-state index contributed by atoms with van der Waals surface area (Å²) in [7, 11) is 0. The van der Waals surface area contributed by atoms with Crippen LogP contribution < -0.4 is 0 Å².